The number of ether oxygens (including phenoxy) is 6. The largest absolute Gasteiger partial charge is 0.468 e. The lowest BCUT2D eigenvalue weighted by molar-refractivity contribution is -0.384. The zero-order valence-corrected chi connectivity index (χ0v) is 32.2. The molecule has 0 bridgehead atoms. The smallest absolute Gasteiger partial charge is 0.407 e. The topological polar surface area (TPSA) is 279 Å². The molecule has 1 saturated carbocycles. The second-order valence-electron chi connectivity index (χ2n) is 14.2. The summed E-state index contributed by atoms with van der Waals surface area (Å²) in [6, 6.07) is 3.33. The number of nitrogens with zero attached hydrogens (tertiary/aromatic N) is 1. The molecule has 0 unspecified atom stereocenters. The van der Waals surface area contributed by atoms with E-state index < -0.39 is 84.3 Å². The van der Waals surface area contributed by atoms with Gasteiger partial charge in [-0.05, 0) is 63.8 Å². The zero-order valence-electron chi connectivity index (χ0n) is 32.2. The first-order valence-corrected chi connectivity index (χ1v) is 18.6. The summed E-state index contributed by atoms with van der Waals surface area (Å²) < 4.78 is 34.7. The lowest BCUT2D eigenvalue weighted by Gasteiger charge is -2.46. The number of carbonyl (C=O) groups excluding carboxylic acids is 3. The van der Waals surface area contributed by atoms with Crippen LogP contribution in [0.4, 0.5) is 15.3 Å². The number of aliphatic hydroxyl groups excluding tert-OH is 4. The third-order valence-corrected chi connectivity index (χ3v) is 8.51. The predicted molar refractivity (Wildman–Crippen MR) is 197 cm³/mol. The van der Waals surface area contributed by atoms with Crippen LogP contribution in [0.3, 0.4) is 0 Å². The van der Waals surface area contributed by atoms with E-state index in [4.69, 9.17) is 33.5 Å². The summed E-state index contributed by atoms with van der Waals surface area (Å²) in [7, 11) is 0. The van der Waals surface area contributed by atoms with Crippen molar-refractivity contribution in [3.8, 4) is 0 Å². The van der Waals surface area contributed by atoms with Gasteiger partial charge in [-0.2, -0.15) is 0 Å². The fraction of sp³-hybridized carbons (Fsp3) is 0.694. The van der Waals surface area contributed by atoms with Crippen LogP contribution in [0.1, 0.15) is 65.4 Å². The molecular formula is C36H57N5O15. The van der Waals surface area contributed by atoms with Gasteiger partial charge in [0.15, 0.2) is 12.6 Å². The van der Waals surface area contributed by atoms with E-state index in [1.807, 2.05) is 6.08 Å². The van der Waals surface area contributed by atoms with Gasteiger partial charge in [0, 0.05) is 38.1 Å². The second kappa shape index (κ2) is 23.2. The number of amides is 3. The average molecular weight is 800 g/mol. The van der Waals surface area contributed by atoms with E-state index in [0.717, 1.165) is 0 Å². The molecule has 20 heteroatoms. The van der Waals surface area contributed by atoms with Gasteiger partial charge in [0.1, 0.15) is 42.4 Å². The van der Waals surface area contributed by atoms with E-state index in [1.54, 1.807) is 27.7 Å². The average Bonchev–Trinajstić information content (AvgIpc) is 3.14. The fourth-order valence-electron chi connectivity index (χ4n) is 5.85. The Morgan fingerprint density at radius 2 is 1.75 bits per heavy atom. The monoisotopic (exact) mass is 799 g/mol. The number of nitrogens with one attached hydrogen (secondary N) is 4. The maximum absolute atomic E-state index is 13.3. The molecule has 56 heavy (non-hydrogen) atoms. The number of aliphatic hydroxyl groups is 4. The van der Waals surface area contributed by atoms with E-state index >= 15 is 0 Å². The number of nitro benzene ring substituents is 1. The minimum absolute atomic E-state index is 0.0792. The van der Waals surface area contributed by atoms with E-state index in [-0.39, 0.29) is 51.3 Å². The maximum atomic E-state index is 13.3. The molecule has 0 radical (unpaired) electrons. The first-order chi connectivity index (χ1) is 26.6. The molecule has 8 N–H and O–H groups in total. The molecule has 1 aliphatic heterocycles. The highest BCUT2D eigenvalue weighted by Crippen LogP contribution is 2.31. The van der Waals surface area contributed by atoms with Crippen LogP contribution in [0.25, 0.3) is 0 Å². The number of carbonyl (C=O) groups is 3. The van der Waals surface area contributed by atoms with Gasteiger partial charge in [-0.1, -0.05) is 6.92 Å². The molecule has 20 nitrogen and oxygen atoms in total. The van der Waals surface area contributed by atoms with Crippen molar-refractivity contribution in [2.45, 2.75) is 121 Å². The molecule has 1 fully saturated rings. The van der Waals surface area contributed by atoms with Crippen LogP contribution in [-0.2, 0) is 39.8 Å². The van der Waals surface area contributed by atoms with Gasteiger partial charge in [-0.15, -0.1) is 0 Å². The van der Waals surface area contributed by atoms with Gasteiger partial charge >= 0.3 is 12.2 Å². The van der Waals surface area contributed by atoms with E-state index in [9.17, 15) is 39.8 Å². The molecule has 0 spiro atoms. The van der Waals surface area contributed by atoms with Crippen LogP contribution < -0.4 is 21.3 Å². The fourth-order valence-corrected chi connectivity index (χ4v) is 5.85. The number of benzene rings is 1. The van der Waals surface area contributed by atoms with Crippen LogP contribution >= 0.6 is 0 Å². The summed E-state index contributed by atoms with van der Waals surface area (Å²) in [4.78, 5) is 49.2. The molecule has 1 aromatic rings. The summed E-state index contributed by atoms with van der Waals surface area (Å²) in [5, 5.41) is 63.4. The Bertz CT molecular complexity index is 1430. The second-order valence-corrected chi connectivity index (χ2v) is 14.2. The molecule has 8 atom stereocenters. The highest BCUT2D eigenvalue weighted by molar-refractivity contribution is 5.77. The highest BCUT2D eigenvalue weighted by Gasteiger charge is 2.49. The summed E-state index contributed by atoms with van der Waals surface area (Å²) in [5.74, 6) is -0.0242. The Morgan fingerprint density at radius 3 is 2.39 bits per heavy atom. The number of alkyl carbamates (subject to hydrolysis) is 2. The van der Waals surface area contributed by atoms with Crippen LogP contribution in [0.2, 0.25) is 0 Å². The minimum atomic E-state index is -1.61. The van der Waals surface area contributed by atoms with E-state index in [2.05, 4.69) is 21.3 Å². The van der Waals surface area contributed by atoms with Gasteiger partial charge in [-0.25, -0.2) is 9.59 Å². The molecule has 316 valence electrons. The third-order valence-electron chi connectivity index (χ3n) is 8.51. The molecule has 3 amide bonds. The highest BCUT2D eigenvalue weighted by atomic mass is 16.7. The van der Waals surface area contributed by atoms with Gasteiger partial charge < -0.3 is 70.1 Å². The SMILES string of the molecule is CC[C@@H](O)[C@H](OCCO)O[C@@H]1[C@@H](O)[C@H](O[C@@H]2CCC=C(CNCCO)O2)[C@@H](NC(=O)OCc2ccc([N+](=O)[O-])cc2)C[C@H]1NC(=O)CCNC(=O)OC(C)(C)C. The first-order valence-electron chi connectivity index (χ1n) is 18.6. The van der Waals surface area contributed by atoms with Gasteiger partial charge in [0.2, 0.25) is 5.91 Å². The molecule has 0 saturated heterocycles. The summed E-state index contributed by atoms with van der Waals surface area (Å²) >= 11 is 0. The van der Waals surface area contributed by atoms with Crippen LogP contribution in [0.5, 0.6) is 0 Å². The van der Waals surface area contributed by atoms with Crippen molar-refractivity contribution in [2.75, 3.05) is 39.5 Å². The molecule has 3 rings (SSSR count). The van der Waals surface area contributed by atoms with Gasteiger partial charge in [0.25, 0.3) is 5.69 Å². The molecule has 1 aromatic carbocycles. The van der Waals surface area contributed by atoms with Gasteiger partial charge in [-0.3, -0.25) is 14.9 Å². The standard InChI is InChI=1S/C36H57N5O15/c1-5-27(44)33(51-18-17-43)55-32-25(39-28(45)13-14-38-34(47)56-36(2,3)4)19-26(40-35(48)52-21-22-9-11-23(12-10-22)41(49)50)31(30(32)46)54-29-8-6-7-24(53-29)20-37-15-16-42/h7,9-12,25-27,29-33,37,42-44,46H,5-6,8,13-21H2,1-4H3,(H,38,47)(H,39,45)(H,40,48)/t25-,26+,27-,29-,30+,31-,32+,33-/m1/s1. The number of hydrogen-bond donors (Lipinski definition) is 8. The molecule has 2 aliphatic rings. The molecular weight excluding hydrogens is 742 g/mol. The zero-order chi connectivity index (χ0) is 41.3. The Kier molecular flexibility index (Phi) is 19.1. The maximum Gasteiger partial charge on any atom is 0.407 e. The van der Waals surface area contributed by atoms with Crippen molar-refractivity contribution in [3.63, 3.8) is 0 Å². The van der Waals surface area contributed by atoms with E-state index in [1.165, 1.54) is 24.3 Å². The molecule has 1 heterocycles. The van der Waals surface area contributed by atoms with Crippen molar-refractivity contribution >= 4 is 23.8 Å². The third kappa shape index (κ3) is 15.8. The minimum Gasteiger partial charge on any atom is -0.468 e. The Labute approximate surface area is 325 Å². The Balaban J connectivity index is 1.87. The van der Waals surface area contributed by atoms with Crippen molar-refractivity contribution < 1.29 is 68.2 Å². The van der Waals surface area contributed by atoms with Crippen LogP contribution in [0.15, 0.2) is 36.1 Å². The summed E-state index contributed by atoms with van der Waals surface area (Å²) in [6.45, 7) is 6.36. The number of non-ortho nitro benzene ring substituents is 1. The lowest BCUT2D eigenvalue weighted by atomic mass is 9.83. The molecule has 1 aliphatic carbocycles. The van der Waals surface area contributed by atoms with Crippen molar-refractivity contribution in [2.24, 2.45) is 0 Å². The predicted octanol–water partition coefficient (Wildman–Crippen LogP) is 0.832. The quantitative estimate of drug-likeness (QED) is 0.0370. The van der Waals surface area contributed by atoms with Gasteiger partial charge in [0.05, 0.1) is 43.4 Å². The number of rotatable bonds is 21. The van der Waals surface area contributed by atoms with E-state index in [0.29, 0.717) is 37.3 Å². The Hall–Kier alpha value is -4.15. The number of allylic oxidation sites excluding steroid dienone is 1. The van der Waals surface area contributed by atoms with Crippen LogP contribution in [0, 0.1) is 10.1 Å². The summed E-state index contributed by atoms with van der Waals surface area (Å²) in [6.07, 6.45) is -6.63. The number of hydrogen-bond acceptors (Lipinski definition) is 16. The van der Waals surface area contributed by atoms with Crippen LogP contribution in [-0.4, -0.2) is 138 Å². The lowest BCUT2D eigenvalue weighted by Crippen LogP contribution is -2.67. The first kappa shape index (κ1) is 46.2. The van der Waals surface area contributed by atoms with Crippen molar-refractivity contribution in [1.82, 2.24) is 21.3 Å². The molecule has 0 aromatic heterocycles. The normalized spacial score (nSPS) is 23.5. The Morgan fingerprint density at radius 1 is 1.04 bits per heavy atom. The number of nitro groups is 1. The van der Waals surface area contributed by atoms with Crippen molar-refractivity contribution in [3.05, 3.63) is 51.8 Å². The van der Waals surface area contributed by atoms with Crippen molar-refractivity contribution in [1.29, 1.82) is 0 Å². The summed E-state index contributed by atoms with van der Waals surface area (Å²) in [5.41, 5.74) is -0.426.